The van der Waals surface area contributed by atoms with Crippen molar-refractivity contribution in [2.75, 3.05) is 0 Å². The van der Waals surface area contributed by atoms with Crippen LogP contribution >= 0.6 is 0 Å². The van der Waals surface area contributed by atoms with Gasteiger partial charge in [-0.15, -0.1) is 0 Å². The number of ether oxygens (including phenoxy) is 1. The Morgan fingerprint density at radius 1 is 1.08 bits per heavy atom. The Kier molecular flexibility index (Phi) is 15.0. The molecule has 0 amide bonds. The quantitative estimate of drug-likeness (QED) is 0.447. The van der Waals surface area contributed by atoms with Gasteiger partial charge in [0.25, 0.3) is 0 Å². The Morgan fingerprint density at radius 2 is 1.46 bits per heavy atom. The predicted molar refractivity (Wildman–Crippen MR) is 42.4 cm³/mol. The normalized spacial score (nSPS) is 16.6. The molecule has 0 spiro atoms. The standard InChI is InChI=1S/C7H13O.BF3.K/c1-8-7-5-3-2-4-6-7;2-1(3)4;/h7H,1-6H2;;/q-1;;+1. The van der Waals surface area contributed by atoms with Crippen molar-refractivity contribution in [1.29, 1.82) is 0 Å². The van der Waals surface area contributed by atoms with Gasteiger partial charge >= 0.3 is 58.9 Å². The summed E-state index contributed by atoms with van der Waals surface area (Å²) in [6.45, 7) is 0. The largest absolute Gasteiger partial charge is 1.00 e. The van der Waals surface area contributed by atoms with Crippen LogP contribution in [0.2, 0.25) is 0 Å². The summed E-state index contributed by atoms with van der Waals surface area (Å²) in [5.74, 6) is 0. The summed E-state index contributed by atoms with van der Waals surface area (Å²) in [5.41, 5.74) is 0. The van der Waals surface area contributed by atoms with Crippen molar-refractivity contribution in [1.82, 2.24) is 0 Å². The molecule has 1 saturated carbocycles. The molecule has 1 nitrogen and oxygen atoms in total. The van der Waals surface area contributed by atoms with Gasteiger partial charge in [0.15, 0.2) is 0 Å². The molecular formula is C7H13BF3KO. The minimum atomic E-state index is -3.67. The van der Waals surface area contributed by atoms with Gasteiger partial charge < -0.3 is 4.74 Å². The summed E-state index contributed by atoms with van der Waals surface area (Å²) in [4.78, 5) is 0. The molecule has 0 aromatic carbocycles. The van der Waals surface area contributed by atoms with Crippen LogP contribution in [0.1, 0.15) is 32.1 Å². The first-order chi connectivity index (χ1) is 5.66. The van der Waals surface area contributed by atoms with Gasteiger partial charge in [-0.2, -0.15) is 0 Å². The minimum Gasteiger partial charge on any atom is -0.553 e. The Hall–Kier alpha value is 1.45. The fourth-order valence-electron chi connectivity index (χ4n) is 1.23. The summed E-state index contributed by atoms with van der Waals surface area (Å²) in [5, 5.41) is 0. The summed E-state index contributed by atoms with van der Waals surface area (Å²) in [6.07, 6.45) is 6.98. The fourth-order valence-corrected chi connectivity index (χ4v) is 1.23. The first-order valence-electron chi connectivity index (χ1n) is 4.00. The average molecular weight is 220 g/mol. The zero-order valence-electron chi connectivity index (χ0n) is 7.94. The van der Waals surface area contributed by atoms with Crippen LogP contribution in [0.3, 0.4) is 0 Å². The van der Waals surface area contributed by atoms with E-state index in [0.717, 1.165) is 0 Å². The molecule has 0 atom stereocenters. The molecule has 0 unspecified atom stereocenters. The van der Waals surface area contributed by atoms with Crippen molar-refractivity contribution in [3.05, 3.63) is 7.11 Å². The Bertz CT molecular complexity index is 99.0. The van der Waals surface area contributed by atoms with Crippen LogP contribution in [0.4, 0.5) is 12.9 Å². The van der Waals surface area contributed by atoms with E-state index in [1.165, 1.54) is 32.1 Å². The summed E-state index contributed by atoms with van der Waals surface area (Å²) >= 11 is 0. The van der Waals surface area contributed by atoms with Gasteiger partial charge in [0, 0.05) is 6.10 Å². The van der Waals surface area contributed by atoms with E-state index >= 15 is 0 Å². The first-order valence-corrected chi connectivity index (χ1v) is 4.00. The third-order valence-corrected chi connectivity index (χ3v) is 1.79. The van der Waals surface area contributed by atoms with Crippen LogP contribution in [0, 0.1) is 7.11 Å². The van der Waals surface area contributed by atoms with Crippen molar-refractivity contribution in [3.63, 3.8) is 0 Å². The zero-order valence-corrected chi connectivity index (χ0v) is 11.1. The second kappa shape index (κ2) is 11.5. The maximum atomic E-state index is 9.67. The number of hydrogen-bond donors (Lipinski definition) is 0. The van der Waals surface area contributed by atoms with E-state index in [0.29, 0.717) is 6.10 Å². The molecule has 13 heavy (non-hydrogen) atoms. The monoisotopic (exact) mass is 220 g/mol. The molecule has 0 bridgehead atoms. The molecule has 72 valence electrons. The molecule has 0 aliphatic heterocycles. The Morgan fingerprint density at radius 3 is 1.69 bits per heavy atom. The van der Waals surface area contributed by atoms with E-state index in [-0.39, 0.29) is 51.4 Å². The maximum absolute atomic E-state index is 9.67. The molecule has 1 rings (SSSR count). The molecule has 0 radical (unpaired) electrons. The fraction of sp³-hybridized carbons (Fsp3) is 0.857. The van der Waals surface area contributed by atoms with Crippen LogP contribution in [0.25, 0.3) is 0 Å². The molecular weight excluding hydrogens is 207 g/mol. The molecule has 0 N–H and O–H groups in total. The number of hydrogen-bond acceptors (Lipinski definition) is 1. The van der Waals surface area contributed by atoms with E-state index in [9.17, 15) is 12.9 Å². The SMILES string of the molecule is FB(F)F.[CH2-]OC1CCCCC1.[K+]. The van der Waals surface area contributed by atoms with Gasteiger partial charge in [0.05, 0.1) is 0 Å². The van der Waals surface area contributed by atoms with Crippen molar-refractivity contribution in [2.45, 2.75) is 38.2 Å². The van der Waals surface area contributed by atoms with Crippen molar-refractivity contribution < 1.29 is 69.1 Å². The van der Waals surface area contributed by atoms with E-state index in [2.05, 4.69) is 7.11 Å². The third kappa shape index (κ3) is 13.5. The van der Waals surface area contributed by atoms with Crippen molar-refractivity contribution >= 4 is 7.54 Å². The molecule has 0 heterocycles. The summed E-state index contributed by atoms with van der Waals surface area (Å²) in [6, 6.07) is 0. The van der Waals surface area contributed by atoms with E-state index < -0.39 is 7.54 Å². The molecule has 1 aliphatic carbocycles. The van der Waals surface area contributed by atoms with Gasteiger partial charge in [-0.25, -0.2) is 7.11 Å². The second-order valence-electron chi connectivity index (χ2n) is 2.67. The van der Waals surface area contributed by atoms with E-state index in [1.807, 2.05) is 0 Å². The van der Waals surface area contributed by atoms with Crippen molar-refractivity contribution in [2.24, 2.45) is 0 Å². The smallest absolute Gasteiger partial charge is 0.553 e. The van der Waals surface area contributed by atoms with Crippen LogP contribution in [0.15, 0.2) is 0 Å². The van der Waals surface area contributed by atoms with Gasteiger partial charge in [-0.05, 0) is 12.8 Å². The molecule has 6 heteroatoms. The average Bonchev–Trinajstić information content (AvgIpc) is 2.05. The van der Waals surface area contributed by atoms with Crippen LogP contribution in [0.5, 0.6) is 0 Å². The first kappa shape index (κ1) is 16.9. The van der Waals surface area contributed by atoms with Gasteiger partial charge in [-0.1, -0.05) is 19.3 Å². The Balaban J connectivity index is 0. The van der Waals surface area contributed by atoms with Gasteiger partial charge in [-0.3, -0.25) is 12.9 Å². The molecule has 1 aliphatic rings. The predicted octanol–water partition coefficient (Wildman–Crippen LogP) is 0.0111. The molecule has 0 aromatic heterocycles. The molecule has 0 saturated heterocycles. The number of halogens is 3. The minimum absolute atomic E-state index is 0. The summed E-state index contributed by atoms with van der Waals surface area (Å²) in [7, 11) is -0.257. The van der Waals surface area contributed by atoms with E-state index in [1.54, 1.807) is 0 Å². The van der Waals surface area contributed by atoms with Crippen molar-refractivity contribution in [3.8, 4) is 0 Å². The van der Waals surface area contributed by atoms with Gasteiger partial charge in [0.2, 0.25) is 0 Å². The van der Waals surface area contributed by atoms with Gasteiger partial charge in [0.1, 0.15) is 0 Å². The summed E-state index contributed by atoms with van der Waals surface area (Å²) < 4.78 is 33.9. The second-order valence-corrected chi connectivity index (χ2v) is 2.67. The van der Waals surface area contributed by atoms with Crippen LogP contribution < -0.4 is 51.4 Å². The molecule has 0 aromatic rings. The maximum Gasteiger partial charge on any atom is 1.00 e. The zero-order chi connectivity index (χ0) is 9.40. The van der Waals surface area contributed by atoms with E-state index in [4.69, 9.17) is 4.74 Å². The topological polar surface area (TPSA) is 9.23 Å². The van der Waals surface area contributed by atoms with Crippen LogP contribution in [-0.4, -0.2) is 13.6 Å². The van der Waals surface area contributed by atoms with Crippen LogP contribution in [-0.2, 0) is 4.74 Å². The Labute approximate surface area is 120 Å². The molecule has 1 fully saturated rings. The number of rotatable bonds is 1. The third-order valence-electron chi connectivity index (χ3n) is 1.79.